The Balaban J connectivity index is 1.30. The van der Waals surface area contributed by atoms with Gasteiger partial charge in [-0.05, 0) is 48.7 Å². The summed E-state index contributed by atoms with van der Waals surface area (Å²) in [5.74, 6) is -0.117. The summed E-state index contributed by atoms with van der Waals surface area (Å²) in [7, 11) is 0. The molecule has 3 aromatic rings. The van der Waals surface area contributed by atoms with Crippen LogP contribution in [0, 0.1) is 5.82 Å². The summed E-state index contributed by atoms with van der Waals surface area (Å²) in [5.41, 5.74) is 1.75. The van der Waals surface area contributed by atoms with Crippen LogP contribution in [0.1, 0.15) is 34.6 Å². The average molecular weight is 438 g/mol. The Hall–Kier alpha value is -3.46. The Morgan fingerprint density at radius 1 is 1.13 bits per heavy atom. The number of aromatic nitrogens is 3. The van der Waals surface area contributed by atoms with Crippen LogP contribution < -0.4 is 10.6 Å². The maximum absolute atomic E-state index is 12.9. The van der Waals surface area contributed by atoms with Crippen LogP contribution in [-0.2, 0) is 4.79 Å². The Labute approximate surface area is 182 Å². The molecule has 1 aliphatic rings. The van der Waals surface area contributed by atoms with Crippen molar-refractivity contribution < 1.29 is 14.0 Å². The molecule has 2 aromatic carbocycles. The number of anilines is 1. The molecule has 0 atom stereocenters. The van der Waals surface area contributed by atoms with E-state index in [1.165, 1.54) is 23.9 Å². The molecule has 7 nitrogen and oxygen atoms in total. The Kier molecular flexibility index (Phi) is 6.42. The van der Waals surface area contributed by atoms with E-state index in [9.17, 15) is 14.0 Å². The molecule has 31 heavy (non-hydrogen) atoms. The van der Waals surface area contributed by atoms with Gasteiger partial charge in [0.25, 0.3) is 5.91 Å². The predicted molar refractivity (Wildman–Crippen MR) is 118 cm³/mol. The van der Waals surface area contributed by atoms with Gasteiger partial charge in [-0.3, -0.25) is 14.7 Å². The molecular formula is C22H20FN5O2S. The second kappa shape index (κ2) is 9.57. The van der Waals surface area contributed by atoms with Gasteiger partial charge in [-0.15, -0.1) is 5.10 Å². The van der Waals surface area contributed by atoms with Crippen molar-refractivity contribution in [1.29, 1.82) is 0 Å². The largest absolute Gasteiger partial charge is 0.349 e. The molecule has 0 saturated heterocycles. The molecule has 1 aliphatic carbocycles. The van der Waals surface area contributed by atoms with Gasteiger partial charge in [0, 0.05) is 6.04 Å². The summed E-state index contributed by atoms with van der Waals surface area (Å²) >= 11 is 1.18. The van der Waals surface area contributed by atoms with Gasteiger partial charge in [0.2, 0.25) is 11.1 Å². The number of rotatable bonds is 8. The maximum Gasteiger partial charge on any atom is 0.253 e. The third-order valence-electron chi connectivity index (χ3n) is 4.48. The number of carbonyl (C=O) groups excluding carboxylic acids is 2. The summed E-state index contributed by atoms with van der Waals surface area (Å²) in [4.78, 5) is 29.0. The van der Waals surface area contributed by atoms with Crippen LogP contribution in [0.3, 0.4) is 0 Å². The molecule has 2 amide bonds. The monoisotopic (exact) mass is 437 g/mol. The van der Waals surface area contributed by atoms with Crippen LogP contribution in [0.5, 0.6) is 0 Å². The molecule has 0 spiro atoms. The number of benzene rings is 2. The molecule has 4 rings (SSSR count). The van der Waals surface area contributed by atoms with Crippen molar-refractivity contribution in [2.45, 2.75) is 24.0 Å². The van der Waals surface area contributed by atoms with E-state index in [1.807, 2.05) is 0 Å². The van der Waals surface area contributed by atoms with Crippen molar-refractivity contribution in [3.8, 4) is 0 Å². The Bertz CT molecular complexity index is 1110. The van der Waals surface area contributed by atoms with E-state index in [2.05, 4.69) is 25.8 Å². The lowest BCUT2D eigenvalue weighted by Gasteiger charge is -2.10. The number of amides is 2. The van der Waals surface area contributed by atoms with Gasteiger partial charge in [-0.2, -0.15) is 0 Å². The number of aromatic amines is 1. The predicted octanol–water partition coefficient (Wildman–Crippen LogP) is 3.74. The van der Waals surface area contributed by atoms with Gasteiger partial charge in [0.15, 0.2) is 0 Å². The van der Waals surface area contributed by atoms with Gasteiger partial charge >= 0.3 is 0 Å². The molecule has 1 aromatic heterocycles. The number of nitrogens with one attached hydrogen (secondary N) is 3. The first kappa shape index (κ1) is 20.8. The first-order chi connectivity index (χ1) is 15.1. The van der Waals surface area contributed by atoms with Gasteiger partial charge in [0.05, 0.1) is 17.0 Å². The second-order valence-corrected chi connectivity index (χ2v) is 7.96. The Morgan fingerprint density at radius 2 is 1.90 bits per heavy atom. The topological polar surface area (TPSA) is 99.8 Å². The second-order valence-electron chi connectivity index (χ2n) is 7.02. The molecule has 3 N–H and O–H groups in total. The fourth-order valence-electron chi connectivity index (χ4n) is 2.74. The molecule has 0 unspecified atom stereocenters. The number of hydrogen-bond donors (Lipinski definition) is 3. The van der Waals surface area contributed by atoms with Crippen LogP contribution in [0.2, 0.25) is 0 Å². The molecule has 1 fully saturated rings. The quantitative estimate of drug-likeness (QED) is 0.466. The molecule has 1 saturated carbocycles. The van der Waals surface area contributed by atoms with Crippen LogP contribution in [-0.4, -0.2) is 38.8 Å². The number of thioether (sulfide) groups is 1. The summed E-state index contributed by atoms with van der Waals surface area (Å²) in [6.07, 6.45) is 5.49. The van der Waals surface area contributed by atoms with E-state index in [0.717, 1.165) is 18.4 Å². The lowest BCUT2D eigenvalue weighted by molar-refractivity contribution is -0.113. The van der Waals surface area contributed by atoms with Crippen LogP contribution in [0.15, 0.2) is 53.7 Å². The van der Waals surface area contributed by atoms with Crippen molar-refractivity contribution in [2.75, 3.05) is 11.1 Å². The number of para-hydroxylation sites is 1. The maximum atomic E-state index is 12.9. The van der Waals surface area contributed by atoms with Gasteiger partial charge in [-0.25, -0.2) is 9.37 Å². The van der Waals surface area contributed by atoms with Gasteiger partial charge < -0.3 is 10.6 Å². The summed E-state index contributed by atoms with van der Waals surface area (Å²) in [6.45, 7) is 0. The SMILES string of the molecule is O=C(CSc1n[nH]c(/C=C/c2ccc(F)cc2)n1)Nc1ccccc1C(=O)NC1CC1. The van der Waals surface area contributed by atoms with E-state index in [0.29, 0.717) is 22.2 Å². The highest BCUT2D eigenvalue weighted by atomic mass is 32.2. The number of hydrogen-bond acceptors (Lipinski definition) is 5. The van der Waals surface area contributed by atoms with Crippen molar-refractivity contribution >= 4 is 41.4 Å². The molecule has 158 valence electrons. The average Bonchev–Trinajstić information content (AvgIpc) is 3.47. The zero-order chi connectivity index (χ0) is 21.6. The minimum atomic E-state index is -0.292. The minimum Gasteiger partial charge on any atom is -0.349 e. The number of halogens is 1. The van der Waals surface area contributed by atoms with E-state index in [4.69, 9.17) is 0 Å². The third kappa shape index (κ3) is 6.02. The van der Waals surface area contributed by atoms with Gasteiger partial charge in [0.1, 0.15) is 11.6 Å². The van der Waals surface area contributed by atoms with Crippen molar-refractivity contribution in [3.63, 3.8) is 0 Å². The Morgan fingerprint density at radius 3 is 2.68 bits per heavy atom. The van der Waals surface area contributed by atoms with Crippen molar-refractivity contribution in [1.82, 2.24) is 20.5 Å². The molecule has 1 heterocycles. The minimum absolute atomic E-state index is 0.0948. The highest BCUT2D eigenvalue weighted by Gasteiger charge is 2.25. The number of H-pyrrole nitrogens is 1. The van der Waals surface area contributed by atoms with Crippen molar-refractivity contribution in [2.24, 2.45) is 0 Å². The highest BCUT2D eigenvalue weighted by Crippen LogP contribution is 2.22. The van der Waals surface area contributed by atoms with E-state index in [-0.39, 0.29) is 29.4 Å². The normalized spacial score (nSPS) is 13.3. The molecule has 9 heteroatoms. The van der Waals surface area contributed by atoms with Gasteiger partial charge in [-0.1, -0.05) is 42.1 Å². The standard InChI is InChI=1S/C22H20FN5O2S/c23-15-8-5-14(6-9-15)7-12-19-26-22(28-27-19)31-13-20(29)25-18-4-2-1-3-17(18)21(30)24-16-10-11-16/h1-9,12,16H,10-11,13H2,(H,24,30)(H,25,29)(H,26,27,28)/b12-7+. The third-order valence-corrected chi connectivity index (χ3v) is 5.32. The van der Waals surface area contributed by atoms with E-state index in [1.54, 1.807) is 48.6 Å². The molecule has 0 radical (unpaired) electrons. The summed E-state index contributed by atoms with van der Waals surface area (Å²) < 4.78 is 12.9. The smallest absolute Gasteiger partial charge is 0.253 e. The fourth-order valence-corrected chi connectivity index (χ4v) is 3.35. The summed E-state index contributed by atoms with van der Waals surface area (Å²) in [5, 5.41) is 13.0. The lowest BCUT2D eigenvalue weighted by atomic mass is 10.1. The zero-order valence-corrected chi connectivity index (χ0v) is 17.3. The van der Waals surface area contributed by atoms with E-state index >= 15 is 0 Å². The van der Waals surface area contributed by atoms with Crippen LogP contribution in [0.25, 0.3) is 12.2 Å². The molecule has 0 aliphatic heterocycles. The first-order valence-corrected chi connectivity index (χ1v) is 10.7. The van der Waals surface area contributed by atoms with Crippen LogP contribution >= 0.6 is 11.8 Å². The first-order valence-electron chi connectivity index (χ1n) is 9.75. The highest BCUT2D eigenvalue weighted by molar-refractivity contribution is 7.99. The molecule has 0 bridgehead atoms. The van der Waals surface area contributed by atoms with E-state index < -0.39 is 0 Å². The molecular weight excluding hydrogens is 417 g/mol. The van der Waals surface area contributed by atoms with Crippen molar-refractivity contribution in [3.05, 3.63) is 71.3 Å². The fraction of sp³-hybridized carbons (Fsp3) is 0.182. The zero-order valence-electron chi connectivity index (χ0n) is 16.5. The summed E-state index contributed by atoms with van der Waals surface area (Å²) in [6, 6.07) is 13.2. The van der Waals surface area contributed by atoms with Crippen LogP contribution in [0.4, 0.5) is 10.1 Å². The number of nitrogens with zero attached hydrogens (tertiary/aromatic N) is 2. The number of carbonyl (C=O) groups is 2. The lowest BCUT2D eigenvalue weighted by Crippen LogP contribution is -2.27.